The monoisotopic (exact) mass is 508 g/mol. The van der Waals surface area contributed by atoms with Crippen LogP contribution in [0.5, 0.6) is 5.75 Å². The smallest absolute Gasteiger partial charge is 0.439 e. The summed E-state index contributed by atoms with van der Waals surface area (Å²) in [6.45, 7) is 0. The summed E-state index contributed by atoms with van der Waals surface area (Å²) in [7, 11) is 1.58. The van der Waals surface area contributed by atoms with E-state index in [1.54, 1.807) is 37.4 Å². The molecule has 5 rings (SSSR count). The van der Waals surface area contributed by atoms with Crippen molar-refractivity contribution in [3.63, 3.8) is 0 Å². The first kappa shape index (κ1) is 24.1. The van der Waals surface area contributed by atoms with Gasteiger partial charge in [-0.15, -0.1) is 0 Å². The van der Waals surface area contributed by atoms with Crippen molar-refractivity contribution in [3.05, 3.63) is 94.1 Å². The fourth-order valence-electron chi connectivity index (χ4n) is 3.96. The van der Waals surface area contributed by atoms with Gasteiger partial charge < -0.3 is 20.4 Å². The number of carbonyl (C=O) groups excluding carboxylic acids is 2. The van der Waals surface area contributed by atoms with Gasteiger partial charge in [0.25, 0.3) is 5.91 Å². The number of ether oxygens (including phenoxy) is 1. The first-order valence-electron chi connectivity index (χ1n) is 11.4. The predicted octanol–water partition coefficient (Wildman–Crippen LogP) is 3.82. The van der Waals surface area contributed by atoms with Gasteiger partial charge in [-0.1, -0.05) is 29.4 Å². The minimum absolute atomic E-state index is 0.0703. The topological polar surface area (TPSA) is 166 Å². The minimum Gasteiger partial charge on any atom is -0.497 e. The number of aromatic nitrogens is 3. The van der Waals surface area contributed by atoms with Crippen LogP contribution < -0.4 is 21.1 Å². The van der Waals surface area contributed by atoms with E-state index in [0.717, 1.165) is 10.9 Å². The average Bonchev–Trinajstić information content (AvgIpc) is 3.56. The summed E-state index contributed by atoms with van der Waals surface area (Å²) in [6.07, 6.45) is 0.167. The van der Waals surface area contributed by atoms with Crippen LogP contribution in [-0.4, -0.2) is 34.0 Å². The van der Waals surface area contributed by atoms with Crippen molar-refractivity contribution in [2.24, 2.45) is 0 Å². The molecule has 11 heteroatoms. The van der Waals surface area contributed by atoms with E-state index in [4.69, 9.17) is 4.74 Å². The van der Waals surface area contributed by atoms with E-state index in [2.05, 4.69) is 30.3 Å². The highest BCUT2D eigenvalue weighted by molar-refractivity contribution is 6.09. The lowest BCUT2D eigenvalue weighted by atomic mass is 10.1. The number of aromatic amines is 2. The Morgan fingerprint density at radius 2 is 1.84 bits per heavy atom. The first-order valence-corrected chi connectivity index (χ1v) is 11.4. The van der Waals surface area contributed by atoms with Gasteiger partial charge in [0.2, 0.25) is 5.91 Å². The van der Waals surface area contributed by atoms with Crippen LogP contribution in [0.25, 0.3) is 22.3 Å². The molecule has 0 fully saturated rings. The Hall–Kier alpha value is -5.63. The van der Waals surface area contributed by atoms with Crippen molar-refractivity contribution in [2.45, 2.75) is 6.42 Å². The number of hydrogen-bond donors (Lipinski definition) is 4. The fourth-order valence-corrected chi connectivity index (χ4v) is 3.96. The number of H-pyrrole nitrogens is 2. The Morgan fingerprint density at radius 3 is 2.55 bits per heavy atom. The first-order chi connectivity index (χ1) is 18.4. The third kappa shape index (κ3) is 5.00. The molecule has 188 valence electrons. The number of amides is 2. The van der Waals surface area contributed by atoms with Crippen molar-refractivity contribution >= 4 is 34.1 Å². The number of nitrogens with zero attached hydrogens (tertiary/aromatic N) is 2. The molecular formula is C27H20N6O5. The van der Waals surface area contributed by atoms with Crippen LogP contribution >= 0.6 is 0 Å². The van der Waals surface area contributed by atoms with E-state index in [-0.39, 0.29) is 23.8 Å². The molecule has 0 saturated heterocycles. The number of benzene rings is 3. The SMILES string of the molecule is COc1ccc(CC(=O)Nc2cccc3cc(C(=O)Nc4ccc(C#N)cc4-c4noc(=O)[nH]4)[nH]c23)cc1. The van der Waals surface area contributed by atoms with Crippen LogP contribution in [0.2, 0.25) is 0 Å². The summed E-state index contributed by atoms with van der Waals surface area (Å²) >= 11 is 0. The van der Waals surface area contributed by atoms with E-state index in [1.165, 1.54) is 18.2 Å². The van der Waals surface area contributed by atoms with Crippen LogP contribution in [0, 0.1) is 11.3 Å². The number of para-hydroxylation sites is 1. The second kappa shape index (κ2) is 10.2. The summed E-state index contributed by atoms with van der Waals surface area (Å²) in [5, 5.41) is 19.3. The zero-order valence-electron chi connectivity index (χ0n) is 20.0. The molecule has 3 aromatic carbocycles. The molecule has 0 aliphatic heterocycles. The molecule has 38 heavy (non-hydrogen) atoms. The summed E-state index contributed by atoms with van der Waals surface area (Å²) in [5.74, 6) is -0.683. The number of methoxy groups -OCH3 is 1. The third-order valence-electron chi connectivity index (χ3n) is 5.79. The molecule has 5 aromatic rings. The minimum atomic E-state index is -0.767. The van der Waals surface area contributed by atoms with Crippen molar-refractivity contribution in [3.8, 4) is 23.2 Å². The molecule has 0 atom stereocenters. The number of nitriles is 1. The number of rotatable bonds is 7. The normalized spacial score (nSPS) is 10.6. The summed E-state index contributed by atoms with van der Waals surface area (Å²) < 4.78 is 9.71. The Morgan fingerprint density at radius 1 is 1.03 bits per heavy atom. The second-order valence-electron chi connectivity index (χ2n) is 8.30. The maximum absolute atomic E-state index is 13.1. The van der Waals surface area contributed by atoms with Gasteiger partial charge in [0.05, 0.1) is 42.1 Å². The molecule has 0 radical (unpaired) electrons. The van der Waals surface area contributed by atoms with E-state index >= 15 is 0 Å². The molecular weight excluding hydrogens is 488 g/mol. The Balaban J connectivity index is 1.37. The number of hydrogen-bond acceptors (Lipinski definition) is 7. The van der Waals surface area contributed by atoms with Crippen LogP contribution in [0.4, 0.5) is 11.4 Å². The lowest BCUT2D eigenvalue weighted by molar-refractivity contribution is -0.115. The van der Waals surface area contributed by atoms with E-state index in [1.807, 2.05) is 24.3 Å². The average molecular weight is 508 g/mol. The molecule has 0 unspecified atom stereocenters. The van der Waals surface area contributed by atoms with E-state index < -0.39 is 11.7 Å². The lowest BCUT2D eigenvalue weighted by Gasteiger charge is -2.09. The summed E-state index contributed by atoms with van der Waals surface area (Å²) in [5.41, 5.74) is 3.11. The van der Waals surface area contributed by atoms with Crippen LogP contribution in [0.3, 0.4) is 0 Å². The van der Waals surface area contributed by atoms with E-state index in [9.17, 15) is 19.6 Å². The molecule has 0 aliphatic carbocycles. The number of anilines is 2. The molecule has 11 nitrogen and oxygen atoms in total. The summed E-state index contributed by atoms with van der Waals surface area (Å²) in [6, 6.07) is 20.8. The van der Waals surface area contributed by atoms with E-state index in [0.29, 0.717) is 33.8 Å². The number of carbonyl (C=O) groups is 2. The lowest BCUT2D eigenvalue weighted by Crippen LogP contribution is -2.15. The van der Waals surface area contributed by atoms with Crippen molar-refractivity contribution < 1.29 is 18.8 Å². The van der Waals surface area contributed by atoms with Crippen molar-refractivity contribution in [1.82, 2.24) is 15.1 Å². The quantitative estimate of drug-likeness (QED) is 0.259. The highest BCUT2D eigenvalue weighted by atomic mass is 16.5. The van der Waals surface area contributed by atoms with Gasteiger partial charge in [-0.2, -0.15) is 5.26 Å². The van der Waals surface area contributed by atoms with Crippen LogP contribution in [-0.2, 0) is 11.2 Å². The molecule has 0 spiro atoms. The Bertz CT molecular complexity index is 1760. The van der Waals surface area contributed by atoms with Gasteiger partial charge in [0.15, 0.2) is 5.82 Å². The molecule has 2 amide bonds. The van der Waals surface area contributed by atoms with Crippen LogP contribution in [0.1, 0.15) is 21.6 Å². The molecule has 0 saturated carbocycles. The molecule has 0 aliphatic rings. The maximum Gasteiger partial charge on any atom is 0.439 e. The Kier molecular flexibility index (Phi) is 6.44. The molecule has 4 N–H and O–H groups in total. The third-order valence-corrected chi connectivity index (χ3v) is 5.79. The highest BCUT2D eigenvalue weighted by Crippen LogP contribution is 2.28. The molecule has 0 bridgehead atoms. The predicted molar refractivity (Wildman–Crippen MR) is 139 cm³/mol. The summed E-state index contributed by atoms with van der Waals surface area (Å²) in [4.78, 5) is 42.7. The van der Waals surface area contributed by atoms with Crippen molar-refractivity contribution in [2.75, 3.05) is 17.7 Å². The number of nitrogens with one attached hydrogen (secondary N) is 4. The van der Waals surface area contributed by atoms with Crippen LogP contribution in [0.15, 0.2) is 76.0 Å². The highest BCUT2D eigenvalue weighted by Gasteiger charge is 2.17. The van der Waals surface area contributed by atoms with Gasteiger partial charge in [0.1, 0.15) is 11.4 Å². The van der Waals surface area contributed by atoms with Gasteiger partial charge in [-0.05, 0) is 48.0 Å². The number of fused-ring (bicyclic) bond motifs is 1. The molecule has 2 heterocycles. The zero-order chi connectivity index (χ0) is 26.6. The van der Waals surface area contributed by atoms with Crippen molar-refractivity contribution in [1.29, 1.82) is 5.26 Å². The largest absolute Gasteiger partial charge is 0.497 e. The second-order valence-corrected chi connectivity index (χ2v) is 8.30. The van der Waals surface area contributed by atoms with Gasteiger partial charge >= 0.3 is 5.76 Å². The standard InChI is InChI=1S/C27H20N6O5/c1-37-18-8-5-15(6-9-18)12-23(34)29-21-4-2-3-17-13-22(30-24(17)21)26(35)31-20-10-7-16(14-28)11-19(20)25-32-27(36)38-33-25/h2-11,13,30H,12H2,1H3,(H,29,34)(H,31,35)(H,32,33,36). The Labute approximate surface area is 215 Å². The van der Waals surface area contributed by atoms with Gasteiger partial charge in [-0.3, -0.25) is 19.1 Å². The zero-order valence-corrected chi connectivity index (χ0v) is 20.0. The maximum atomic E-state index is 13.1. The van der Waals surface area contributed by atoms with Gasteiger partial charge in [0, 0.05) is 10.9 Å². The van der Waals surface area contributed by atoms with Gasteiger partial charge in [-0.25, -0.2) is 4.79 Å². The molecule has 2 aromatic heterocycles. The fraction of sp³-hybridized carbons (Fsp3) is 0.0741.